The first-order valence-corrected chi connectivity index (χ1v) is 6.22. The van der Waals surface area contributed by atoms with Gasteiger partial charge in [-0.25, -0.2) is 0 Å². The zero-order valence-corrected chi connectivity index (χ0v) is 10.7. The lowest BCUT2D eigenvalue weighted by Crippen LogP contribution is -1.95. The summed E-state index contributed by atoms with van der Waals surface area (Å²) in [6, 6.07) is 10.3. The zero-order valence-electron chi connectivity index (χ0n) is 10.7. The molecule has 0 spiro atoms. The molecule has 2 aromatic rings. The SMILES string of the molecule is CCc1ccc2cc(C(C)=O)ccc2c1CC. The summed E-state index contributed by atoms with van der Waals surface area (Å²) < 4.78 is 0. The Morgan fingerprint density at radius 2 is 1.82 bits per heavy atom. The van der Waals surface area contributed by atoms with Crippen LogP contribution in [-0.4, -0.2) is 5.78 Å². The number of carbonyl (C=O) groups excluding carboxylic acids is 1. The number of fused-ring (bicyclic) bond motifs is 1. The topological polar surface area (TPSA) is 17.1 Å². The molecule has 0 saturated carbocycles. The normalized spacial score (nSPS) is 10.8. The maximum Gasteiger partial charge on any atom is 0.159 e. The summed E-state index contributed by atoms with van der Waals surface area (Å²) in [5.41, 5.74) is 3.62. The van der Waals surface area contributed by atoms with Crippen molar-refractivity contribution in [3.8, 4) is 0 Å². The van der Waals surface area contributed by atoms with E-state index in [-0.39, 0.29) is 5.78 Å². The van der Waals surface area contributed by atoms with Gasteiger partial charge in [-0.3, -0.25) is 4.79 Å². The first-order chi connectivity index (χ1) is 8.17. The Balaban J connectivity index is 2.70. The van der Waals surface area contributed by atoms with Crippen LogP contribution >= 0.6 is 0 Å². The fraction of sp³-hybridized carbons (Fsp3) is 0.312. The molecule has 0 atom stereocenters. The van der Waals surface area contributed by atoms with E-state index < -0.39 is 0 Å². The lowest BCUT2D eigenvalue weighted by Gasteiger charge is -2.10. The van der Waals surface area contributed by atoms with Crippen molar-refractivity contribution in [2.24, 2.45) is 0 Å². The third-order valence-electron chi connectivity index (χ3n) is 3.37. The standard InChI is InChI=1S/C16H18O/c1-4-12-6-7-14-10-13(11(3)17)8-9-16(14)15(12)5-2/h6-10H,4-5H2,1-3H3. The Labute approximate surface area is 102 Å². The maximum atomic E-state index is 11.4. The van der Waals surface area contributed by atoms with Crippen LogP contribution in [0.15, 0.2) is 30.3 Å². The van der Waals surface area contributed by atoms with E-state index in [0.717, 1.165) is 18.4 Å². The second-order valence-electron chi connectivity index (χ2n) is 4.40. The van der Waals surface area contributed by atoms with Gasteiger partial charge in [0.2, 0.25) is 0 Å². The molecule has 0 saturated heterocycles. The van der Waals surface area contributed by atoms with Crippen molar-refractivity contribution in [1.82, 2.24) is 0 Å². The maximum absolute atomic E-state index is 11.4. The van der Waals surface area contributed by atoms with E-state index in [1.807, 2.05) is 12.1 Å². The molecule has 0 aliphatic rings. The van der Waals surface area contributed by atoms with Gasteiger partial charge < -0.3 is 0 Å². The molecule has 0 bridgehead atoms. The molecule has 2 rings (SSSR count). The van der Waals surface area contributed by atoms with Crippen molar-refractivity contribution < 1.29 is 4.79 Å². The van der Waals surface area contributed by atoms with Crippen molar-refractivity contribution in [1.29, 1.82) is 0 Å². The van der Waals surface area contributed by atoms with Gasteiger partial charge in [-0.1, -0.05) is 38.1 Å². The van der Waals surface area contributed by atoms with Crippen LogP contribution in [0.1, 0.15) is 42.3 Å². The van der Waals surface area contributed by atoms with Crippen LogP contribution in [0.3, 0.4) is 0 Å². The van der Waals surface area contributed by atoms with E-state index in [9.17, 15) is 4.79 Å². The lowest BCUT2D eigenvalue weighted by atomic mass is 9.94. The van der Waals surface area contributed by atoms with Crippen LogP contribution in [0.25, 0.3) is 10.8 Å². The molecule has 17 heavy (non-hydrogen) atoms. The van der Waals surface area contributed by atoms with Crippen molar-refractivity contribution in [2.75, 3.05) is 0 Å². The molecule has 0 N–H and O–H groups in total. The molecule has 2 aromatic carbocycles. The zero-order chi connectivity index (χ0) is 12.4. The molecule has 1 nitrogen and oxygen atoms in total. The number of rotatable bonds is 3. The summed E-state index contributed by atoms with van der Waals surface area (Å²) in [7, 11) is 0. The summed E-state index contributed by atoms with van der Waals surface area (Å²) in [5.74, 6) is 0.129. The fourth-order valence-corrected chi connectivity index (χ4v) is 2.41. The second kappa shape index (κ2) is 4.70. The molecule has 0 aromatic heterocycles. The van der Waals surface area contributed by atoms with Gasteiger partial charge in [-0.2, -0.15) is 0 Å². The van der Waals surface area contributed by atoms with Gasteiger partial charge in [0.25, 0.3) is 0 Å². The monoisotopic (exact) mass is 226 g/mol. The van der Waals surface area contributed by atoms with Crippen LogP contribution in [0, 0.1) is 0 Å². The Bertz CT molecular complexity index is 567. The summed E-state index contributed by atoms with van der Waals surface area (Å²) in [6.07, 6.45) is 2.10. The third-order valence-corrected chi connectivity index (χ3v) is 3.37. The highest BCUT2D eigenvalue weighted by atomic mass is 16.1. The smallest absolute Gasteiger partial charge is 0.159 e. The summed E-state index contributed by atoms with van der Waals surface area (Å²) in [6.45, 7) is 5.99. The molecule has 88 valence electrons. The van der Waals surface area contributed by atoms with Gasteiger partial charge in [0.05, 0.1) is 0 Å². The highest BCUT2D eigenvalue weighted by Gasteiger charge is 2.06. The average molecular weight is 226 g/mol. The van der Waals surface area contributed by atoms with Crippen LogP contribution in [0.4, 0.5) is 0 Å². The highest BCUT2D eigenvalue weighted by molar-refractivity contribution is 5.99. The number of ketones is 1. The van der Waals surface area contributed by atoms with Gasteiger partial charge in [0, 0.05) is 5.56 Å². The van der Waals surface area contributed by atoms with E-state index >= 15 is 0 Å². The largest absolute Gasteiger partial charge is 0.295 e. The Morgan fingerprint density at radius 1 is 1.06 bits per heavy atom. The minimum atomic E-state index is 0.129. The number of hydrogen-bond acceptors (Lipinski definition) is 1. The molecule has 0 unspecified atom stereocenters. The molecule has 0 fully saturated rings. The molecular formula is C16H18O. The Hall–Kier alpha value is -1.63. The molecule has 0 heterocycles. The van der Waals surface area contributed by atoms with Crippen LogP contribution in [-0.2, 0) is 12.8 Å². The number of Topliss-reactive ketones (excluding diaryl/α,β-unsaturated/α-hetero) is 1. The predicted molar refractivity (Wildman–Crippen MR) is 72.7 cm³/mol. The summed E-state index contributed by atoms with van der Waals surface area (Å²) >= 11 is 0. The first kappa shape index (κ1) is 11.8. The molecule has 0 aliphatic heterocycles. The lowest BCUT2D eigenvalue weighted by molar-refractivity contribution is 0.101. The Kier molecular flexibility index (Phi) is 3.28. The van der Waals surface area contributed by atoms with Crippen LogP contribution in [0.2, 0.25) is 0 Å². The van der Waals surface area contributed by atoms with Crippen molar-refractivity contribution in [3.05, 3.63) is 47.0 Å². The van der Waals surface area contributed by atoms with Crippen molar-refractivity contribution in [3.63, 3.8) is 0 Å². The summed E-state index contributed by atoms with van der Waals surface area (Å²) in [4.78, 5) is 11.4. The van der Waals surface area contributed by atoms with Crippen LogP contribution in [0.5, 0.6) is 0 Å². The molecule has 1 heteroatoms. The van der Waals surface area contributed by atoms with Gasteiger partial charge in [-0.05, 0) is 47.7 Å². The number of benzene rings is 2. The van der Waals surface area contributed by atoms with E-state index in [1.54, 1.807) is 6.92 Å². The molecule has 0 aliphatic carbocycles. The van der Waals surface area contributed by atoms with Crippen molar-refractivity contribution >= 4 is 16.6 Å². The minimum Gasteiger partial charge on any atom is -0.295 e. The summed E-state index contributed by atoms with van der Waals surface area (Å²) in [5, 5.41) is 2.46. The van der Waals surface area contributed by atoms with E-state index in [2.05, 4.69) is 32.0 Å². The van der Waals surface area contributed by atoms with E-state index in [4.69, 9.17) is 0 Å². The van der Waals surface area contributed by atoms with Crippen molar-refractivity contribution in [2.45, 2.75) is 33.6 Å². The quantitative estimate of drug-likeness (QED) is 0.718. The van der Waals surface area contributed by atoms with E-state index in [0.29, 0.717) is 0 Å². The van der Waals surface area contributed by atoms with Gasteiger partial charge >= 0.3 is 0 Å². The molecule has 0 amide bonds. The number of carbonyl (C=O) groups is 1. The second-order valence-corrected chi connectivity index (χ2v) is 4.40. The highest BCUT2D eigenvalue weighted by Crippen LogP contribution is 2.25. The first-order valence-electron chi connectivity index (χ1n) is 6.22. The fourth-order valence-electron chi connectivity index (χ4n) is 2.41. The molecular weight excluding hydrogens is 208 g/mol. The van der Waals surface area contributed by atoms with Gasteiger partial charge in [-0.15, -0.1) is 0 Å². The van der Waals surface area contributed by atoms with Gasteiger partial charge in [0.15, 0.2) is 5.78 Å². The average Bonchev–Trinajstić information content (AvgIpc) is 2.36. The Morgan fingerprint density at radius 3 is 2.41 bits per heavy atom. The predicted octanol–water partition coefficient (Wildman–Crippen LogP) is 4.17. The van der Waals surface area contributed by atoms with E-state index in [1.165, 1.54) is 21.9 Å². The minimum absolute atomic E-state index is 0.129. The number of hydrogen-bond donors (Lipinski definition) is 0. The number of aryl methyl sites for hydroxylation is 2. The molecule has 0 radical (unpaired) electrons. The van der Waals surface area contributed by atoms with Crippen LogP contribution < -0.4 is 0 Å². The third kappa shape index (κ3) is 2.10. The van der Waals surface area contributed by atoms with Gasteiger partial charge in [0.1, 0.15) is 0 Å².